The van der Waals surface area contributed by atoms with Gasteiger partial charge in [-0.1, -0.05) is 6.07 Å². The van der Waals surface area contributed by atoms with Gasteiger partial charge in [0.05, 0.1) is 18.3 Å². The number of hydrogen-bond acceptors (Lipinski definition) is 4. The van der Waals surface area contributed by atoms with Gasteiger partial charge in [0.15, 0.2) is 6.61 Å². The first-order chi connectivity index (χ1) is 7.63. The molecule has 0 saturated heterocycles. The summed E-state index contributed by atoms with van der Waals surface area (Å²) in [5, 5.41) is 8.96. The van der Waals surface area contributed by atoms with Gasteiger partial charge in [-0.25, -0.2) is 0 Å². The molecule has 2 rings (SSSR count). The minimum atomic E-state index is -0.420. The predicted molar refractivity (Wildman–Crippen MR) is 59.4 cm³/mol. The van der Waals surface area contributed by atoms with E-state index in [1.807, 2.05) is 0 Å². The second-order valence-electron chi connectivity index (χ2n) is 3.76. The van der Waals surface area contributed by atoms with Crippen LogP contribution in [0.25, 0.3) is 0 Å². The maximum atomic E-state index is 11.4. The van der Waals surface area contributed by atoms with Crippen LogP contribution < -0.4 is 15.4 Å². The van der Waals surface area contributed by atoms with Crippen LogP contribution in [0, 0.1) is 0 Å². The van der Waals surface area contributed by atoms with Gasteiger partial charge in [0.2, 0.25) is 0 Å². The van der Waals surface area contributed by atoms with Crippen LogP contribution >= 0.6 is 0 Å². The van der Waals surface area contributed by atoms with E-state index in [1.165, 1.54) is 0 Å². The van der Waals surface area contributed by atoms with Crippen LogP contribution in [0.5, 0.6) is 5.75 Å². The Morgan fingerprint density at radius 3 is 3.06 bits per heavy atom. The Balaban J connectivity index is 2.37. The van der Waals surface area contributed by atoms with Crippen molar-refractivity contribution in [2.45, 2.75) is 6.04 Å². The number of rotatable bonds is 2. The number of likely N-dealkylation sites (N-methyl/N-ethyl adjacent to an activating group) is 1. The standard InChI is InChI=1S/C11H14N2O3/c1-13-9-3-2-7(8(12)5-14)4-10(9)16-6-11(13)15/h2-4,8,14H,5-6,12H2,1H3. The molecule has 0 radical (unpaired) electrons. The molecule has 0 bridgehead atoms. The summed E-state index contributed by atoms with van der Waals surface area (Å²) in [4.78, 5) is 12.9. The third kappa shape index (κ3) is 1.75. The molecule has 0 spiro atoms. The van der Waals surface area contributed by atoms with Crippen LogP contribution in [-0.4, -0.2) is 31.3 Å². The van der Waals surface area contributed by atoms with Crippen LogP contribution in [0.2, 0.25) is 0 Å². The highest BCUT2D eigenvalue weighted by molar-refractivity contribution is 5.97. The minimum absolute atomic E-state index is 0.0430. The van der Waals surface area contributed by atoms with Gasteiger partial charge < -0.3 is 20.5 Å². The van der Waals surface area contributed by atoms with E-state index in [-0.39, 0.29) is 19.1 Å². The zero-order chi connectivity index (χ0) is 11.7. The number of carbonyl (C=O) groups excluding carboxylic acids is 1. The molecule has 1 aromatic carbocycles. The normalized spacial score (nSPS) is 16.7. The van der Waals surface area contributed by atoms with Crippen molar-refractivity contribution in [2.75, 3.05) is 25.2 Å². The van der Waals surface area contributed by atoms with Crippen LogP contribution in [0.15, 0.2) is 18.2 Å². The van der Waals surface area contributed by atoms with E-state index in [0.29, 0.717) is 5.75 Å². The van der Waals surface area contributed by atoms with Gasteiger partial charge in [0.1, 0.15) is 5.75 Å². The second kappa shape index (κ2) is 4.11. The highest BCUT2D eigenvalue weighted by Crippen LogP contribution is 2.33. The smallest absolute Gasteiger partial charge is 0.264 e. The SMILES string of the molecule is CN1C(=O)COc2cc(C(N)CO)ccc21. The molecule has 0 aliphatic carbocycles. The number of amides is 1. The molecular formula is C11H14N2O3. The molecule has 5 nitrogen and oxygen atoms in total. The summed E-state index contributed by atoms with van der Waals surface area (Å²) < 4.78 is 5.31. The van der Waals surface area contributed by atoms with Crippen molar-refractivity contribution in [2.24, 2.45) is 5.73 Å². The summed E-state index contributed by atoms with van der Waals surface area (Å²) in [6.45, 7) is -0.0745. The summed E-state index contributed by atoms with van der Waals surface area (Å²) in [5.74, 6) is 0.551. The number of ether oxygens (including phenoxy) is 1. The summed E-state index contributed by atoms with van der Waals surface area (Å²) >= 11 is 0. The van der Waals surface area contributed by atoms with Crippen molar-refractivity contribution < 1.29 is 14.6 Å². The van der Waals surface area contributed by atoms with Gasteiger partial charge in [-0.05, 0) is 17.7 Å². The van der Waals surface area contributed by atoms with Gasteiger partial charge in [-0.3, -0.25) is 4.79 Å². The van der Waals surface area contributed by atoms with Gasteiger partial charge in [0, 0.05) is 7.05 Å². The molecule has 1 aliphatic rings. The molecule has 3 N–H and O–H groups in total. The molecule has 86 valence electrons. The largest absolute Gasteiger partial charge is 0.482 e. The van der Waals surface area contributed by atoms with Crippen molar-refractivity contribution in [3.05, 3.63) is 23.8 Å². The highest BCUT2D eigenvalue weighted by Gasteiger charge is 2.22. The molecular weight excluding hydrogens is 208 g/mol. The predicted octanol–water partition coefficient (Wildman–Crippen LogP) is 0.0339. The lowest BCUT2D eigenvalue weighted by molar-refractivity contribution is -0.120. The van der Waals surface area contributed by atoms with E-state index in [0.717, 1.165) is 11.3 Å². The molecule has 1 heterocycles. The number of hydrogen-bond donors (Lipinski definition) is 2. The Hall–Kier alpha value is -1.59. The molecule has 1 amide bonds. The fourth-order valence-electron chi connectivity index (χ4n) is 1.63. The Bertz CT molecular complexity index is 420. The summed E-state index contributed by atoms with van der Waals surface area (Å²) in [6.07, 6.45) is 0. The average molecular weight is 222 g/mol. The topological polar surface area (TPSA) is 75.8 Å². The van der Waals surface area contributed by atoms with E-state index in [1.54, 1.807) is 30.1 Å². The third-order valence-corrected chi connectivity index (χ3v) is 2.70. The monoisotopic (exact) mass is 222 g/mol. The van der Waals surface area contributed by atoms with E-state index < -0.39 is 6.04 Å². The number of carbonyl (C=O) groups is 1. The quantitative estimate of drug-likeness (QED) is 0.740. The summed E-state index contributed by atoms with van der Waals surface area (Å²) in [5.41, 5.74) is 7.23. The van der Waals surface area contributed by atoms with Gasteiger partial charge in [0.25, 0.3) is 5.91 Å². The number of fused-ring (bicyclic) bond motifs is 1. The van der Waals surface area contributed by atoms with E-state index >= 15 is 0 Å². The summed E-state index contributed by atoms with van der Waals surface area (Å²) in [7, 11) is 1.70. The van der Waals surface area contributed by atoms with Crippen molar-refractivity contribution in [1.82, 2.24) is 0 Å². The molecule has 1 aromatic rings. The molecule has 5 heteroatoms. The Morgan fingerprint density at radius 1 is 1.62 bits per heavy atom. The van der Waals surface area contributed by atoms with E-state index in [4.69, 9.17) is 15.6 Å². The maximum absolute atomic E-state index is 11.4. The molecule has 0 fully saturated rings. The van der Waals surface area contributed by atoms with Gasteiger partial charge in [-0.15, -0.1) is 0 Å². The number of nitrogens with two attached hydrogens (primary N) is 1. The molecule has 1 atom stereocenters. The lowest BCUT2D eigenvalue weighted by Crippen LogP contribution is -2.35. The van der Waals surface area contributed by atoms with E-state index in [9.17, 15) is 4.79 Å². The minimum Gasteiger partial charge on any atom is -0.482 e. The van der Waals surface area contributed by atoms with Crippen molar-refractivity contribution in [3.63, 3.8) is 0 Å². The van der Waals surface area contributed by atoms with Crippen LogP contribution in [-0.2, 0) is 4.79 Å². The lowest BCUT2D eigenvalue weighted by atomic mass is 10.1. The molecule has 1 aliphatic heterocycles. The Morgan fingerprint density at radius 2 is 2.38 bits per heavy atom. The molecule has 0 aromatic heterocycles. The van der Waals surface area contributed by atoms with Crippen LogP contribution in [0.1, 0.15) is 11.6 Å². The first kappa shape index (κ1) is 10.9. The highest BCUT2D eigenvalue weighted by atomic mass is 16.5. The lowest BCUT2D eigenvalue weighted by Gasteiger charge is -2.26. The Labute approximate surface area is 93.4 Å². The van der Waals surface area contributed by atoms with Crippen molar-refractivity contribution in [3.8, 4) is 5.75 Å². The average Bonchev–Trinajstić information content (AvgIpc) is 2.32. The fraction of sp³-hybridized carbons (Fsp3) is 0.364. The van der Waals surface area contributed by atoms with E-state index in [2.05, 4.69) is 0 Å². The second-order valence-corrected chi connectivity index (χ2v) is 3.76. The van der Waals surface area contributed by atoms with Crippen LogP contribution in [0.4, 0.5) is 5.69 Å². The van der Waals surface area contributed by atoms with Crippen molar-refractivity contribution in [1.29, 1.82) is 0 Å². The zero-order valence-corrected chi connectivity index (χ0v) is 9.01. The number of nitrogens with zero attached hydrogens (tertiary/aromatic N) is 1. The van der Waals surface area contributed by atoms with Crippen molar-refractivity contribution >= 4 is 11.6 Å². The Kier molecular flexibility index (Phi) is 2.80. The molecule has 0 saturated carbocycles. The fourth-order valence-corrected chi connectivity index (χ4v) is 1.63. The number of benzene rings is 1. The number of aliphatic hydroxyl groups is 1. The van der Waals surface area contributed by atoms with Gasteiger partial charge >= 0.3 is 0 Å². The first-order valence-electron chi connectivity index (χ1n) is 5.03. The molecule has 1 unspecified atom stereocenters. The van der Waals surface area contributed by atoms with Gasteiger partial charge in [-0.2, -0.15) is 0 Å². The number of anilines is 1. The third-order valence-electron chi connectivity index (χ3n) is 2.70. The summed E-state index contributed by atoms with van der Waals surface area (Å²) in [6, 6.07) is 4.91. The van der Waals surface area contributed by atoms with Crippen LogP contribution in [0.3, 0.4) is 0 Å². The zero-order valence-electron chi connectivity index (χ0n) is 9.01. The molecule has 16 heavy (non-hydrogen) atoms. The number of aliphatic hydroxyl groups excluding tert-OH is 1. The first-order valence-corrected chi connectivity index (χ1v) is 5.03. The maximum Gasteiger partial charge on any atom is 0.264 e.